The SMILES string of the molecule is CCCCCC(=O)c1cccc[n+]1Cc1ccccc1.FC(F)(F)c1cc([B-](c2cc(C(F)(F)F)cc(C(F)(F)F)c2)(c2cc(C(F)(F)F)cc(C(F)(F)F)c2)c2cc(C(F)(F)F)cc(C(F)(F)F)c2)cc(C(F)(F)F)c1. The maximum Gasteiger partial charge on any atom is 0.416 e. The van der Waals surface area contributed by atoms with Crippen molar-refractivity contribution in [2.45, 2.75) is 88.6 Å². The van der Waals surface area contributed by atoms with E-state index in [-0.39, 0.29) is 5.78 Å². The van der Waals surface area contributed by atoms with E-state index < -0.39 is 195 Å². The molecule has 0 aliphatic heterocycles. The first-order valence-corrected chi connectivity index (χ1v) is 22.0. The quantitative estimate of drug-likeness (QED) is 0.0416. The Morgan fingerprint density at radius 2 is 0.649 bits per heavy atom. The summed E-state index contributed by atoms with van der Waals surface area (Å²) in [4.78, 5) is 12.3. The summed E-state index contributed by atoms with van der Waals surface area (Å²) in [5.74, 6) is 0.245. The molecule has 77 heavy (non-hydrogen) atoms. The number of unbranched alkanes of at least 4 members (excludes halogenated alkanes) is 2. The number of ketones is 1. The number of aromatic nitrogens is 1. The van der Waals surface area contributed by atoms with Crippen LogP contribution in [-0.2, 0) is 56.0 Å². The average Bonchev–Trinajstić information content (AvgIpc) is 3.30. The molecule has 0 saturated carbocycles. The fourth-order valence-electron chi connectivity index (χ4n) is 8.38. The molecule has 0 amide bonds. The van der Waals surface area contributed by atoms with Crippen LogP contribution in [0.2, 0.25) is 0 Å². The molecule has 0 bridgehead atoms. The Bertz CT molecular complexity index is 2590. The van der Waals surface area contributed by atoms with Crippen molar-refractivity contribution >= 4 is 33.8 Å². The Kier molecular flexibility index (Phi) is 17.5. The minimum atomic E-state index is -6.13. The molecule has 0 saturated heterocycles. The number of pyridine rings is 1. The molecule has 1 heterocycles. The van der Waals surface area contributed by atoms with Gasteiger partial charge in [-0.2, -0.15) is 132 Å². The van der Waals surface area contributed by atoms with Crippen molar-refractivity contribution in [2.24, 2.45) is 0 Å². The van der Waals surface area contributed by atoms with Crippen LogP contribution in [0.5, 0.6) is 0 Å². The summed E-state index contributed by atoms with van der Waals surface area (Å²) in [5.41, 5.74) is -28.2. The summed E-state index contributed by atoms with van der Waals surface area (Å²) < 4.78 is 343. The van der Waals surface area contributed by atoms with Gasteiger partial charge in [0.05, 0.1) is 44.5 Å². The van der Waals surface area contributed by atoms with Crippen molar-refractivity contribution in [3.63, 3.8) is 0 Å². The number of alkyl halides is 24. The van der Waals surface area contributed by atoms with Crippen LogP contribution in [0.4, 0.5) is 105 Å². The number of carbonyl (C=O) groups excluding carboxylic acids is 1. The molecule has 2 nitrogen and oxygen atoms in total. The van der Waals surface area contributed by atoms with Crippen LogP contribution in [0.1, 0.15) is 93.2 Å². The fraction of sp³-hybridized carbons (Fsp3) is 0.280. The maximum absolute atomic E-state index is 14.2. The number of hydrogen-bond donors (Lipinski definition) is 0. The highest BCUT2D eigenvalue weighted by Crippen LogP contribution is 2.41. The number of halogens is 24. The van der Waals surface area contributed by atoms with Crippen LogP contribution in [-0.4, -0.2) is 11.9 Å². The highest BCUT2D eigenvalue weighted by Gasteiger charge is 2.47. The largest absolute Gasteiger partial charge is 0.416 e. The third-order valence-corrected chi connectivity index (χ3v) is 11.9. The molecule has 27 heteroatoms. The molecule has 6 aromatic rings. The summed E-state index contributed by atoms with van der Waals surface area (Å²) in [6.07, 6.45) is -48.9. The molecule has 0 N–H and O–H groups in total. The molecule has 1 aromatic heterocycles. The Labute approximate surface area is 419 Å². The zero-order valence-electron chi connectivity index (χ0n) is 38.7. The summed E-state index contributed by atoms with van der Waals surface area (Å²) >= 11 is 0. The molecule has 5 aromatic carbocycles. The monoisotopic (exact) mass is 1130 g/mol. The van der Waals surface area contributed by atoms with Crippen LogP contribution in [0, 0.1) is 0 Å². The third-order valence-electron chi connectivity index (χ3n) is 11.9. The third kappa shape index (κ3) is 14.9. The second-order valence-corrected chi connectivity index (χ2v) is 17.3. The Balaban J connectivity index is 0.000000455. The van der Waals surface area contributed by atoms with Gasteiger partial charge in [-0.15, -0.1) is 0 Å². The number of hydrogen-bond acceptors (Lipinski definition) is 1. The van der Waals surface area contributed by atoms with Crippen molar-refractivity contribution in [1.82, 2.24) is 0 Å². The van der Waals surface area contributed by atoms with Gasteiger partial charge < -0.3 is 0 Å². The summed E-state index contributed by atoms with van der Waals surface area (Å²) in [5, 5.41) is 0. The fourth-order valence-corrected chi connectivity index (χ4v) is 8.38. The van der Waals surface area contributed by atoms with Gasteiger partial charge in [-0.05, 0) is 36.8 Å². The summed E-state index contributed by atoms with van der Waals surface area (Å²) in [7, 11) is 0. The molecule has 0 aliphatic carbocycles. The lowest BCUT2D eigenvalue weighted by Crippen LogP contribution is -2.75. The van der Waals surface area contributed by atoms with E-state index in [0.29, 0.717) is 6.42 Å². The number of carbonyl (C=O) groups is 1. The van der Waals surface area contributed by atoms with E-state index in [1.807, 2.05) is 47.2 Å². The van der Waals surface area contributed by atoms with Gasteiger partial charge in [0.15, 0.2) is 12.7 Å². The lowest BCUT2D eigenvalue weighted by Gasteiger charge is -2.46. The molecule has 416 valence electrons. The van der Waals surface area contributed by atoms with Crippen LogP contribution < -0.4 is 26.4 Å². The highest BCUT2D eigenvalue weighted by molar-refractivity contribution is 7.20. The van der Waals surface area contributed by atoms with Crippen molar-refractivity contribution in [1.29, 1.82) is 0 Å². The van der Waals surface area contributed by atoms with Gasteiger partial charge in [0.2, 0.25) is 11.5 Å². The van der Waals surface area contributed by atoms with Crippen LogP contribution in [0.3, 0.4) is 0 Å². The van der Waals surface area contributed by atoms with E-state index in [4.69, 9.17) is 0 Å². The molecule has 0 radical (unpaired) electrons. The van der Waals surface area contributed by atoms with Crippen molar-refractivity contribution < 1.29 is 115 Å². The summed E-state index contributed by atoms with van der Waals surface area (Å²) in [6, 6.07) is 7.28. The predicted octanol–water partition coefficient (Wildman–Crippen LogP) is 15.0. The zero-order chi connectivity index (χ0) is 58.1. The molecular weight excluding hydrogens is 1100 g/mol. The molecule has 0 spiro atoms. The number of benzene rings is 5. The molecule has 0 unspecified atom stereocenters. The van der Waals surface area contributed by atoms with E-state index in [0.717, 1.165) is 31.5 Å². The first-order chi connectivity index (χ1) is 35.1. The maximum atomic E-state index is 14.2. The van der Waals surface area contributed by atoms with Gasteiger partial charge in [0.25, 0.3) is 0 Å². The minimum absolute atomic E-state index is 0.245. The topological polar surface area (TPSA) is 20.9 Å². The van der Waals surface area contributed by atoms with Gasteiger partial charge in [0, 0.05) is 24.1 Å². The molecule has 6 rings (SSSR count). The van der Waals surface area contributed by atoms with Crippen LogP contribution in [0.15, 0.2) is 128 Å². The predicted molar refractivity (Wildman–Crippen MR) is 231 cm³/mol. The zero-order valence-corrected chi connectivity index (χ0v) is 38.7. The second kappa shape index (κ2) is 22.0. The van der Waals surface area contributed by atoms with E-state index in [9.17, 15) is 110 Å². The standard InChI is InChI=1S/C32H12BF24.C18H22NO/c34-25(35,36)13-1-14(26(37,38)39)6-21(5-13)33(22-7-15(27(40,41)42)2-16(8-22)28(43,44)45,23-9-17(29(46,47)48)3-18(10-23)30(49,50)51)24-11-19(31(52,53)54)4-20(12-24)32(55,56)57;1-2-3-5-13-18(20)17-12-8-9-14-19(17)15-16-10-6-4-7-11-16/h1-12H;4,6-12,14H,2-3,5,13,15H2,1H3/q-1;+1. The number of nitrogens with zero attached hydrogens (tertiary/aromatic N) is 1. The lowest BCUT2D eigenvalue weighted by atomic mass is 9.12. The van der Waals surface area contributed by atoms with Gasteiger partial charge in [0.1, 0.15) is 6.15 Å². The van der Waals surface area contributed by atoms with Crippen LogP contribution >= 0.6 is 0 Å². The van der Waals surface area contributed by atoms with Gasteiger partial charge in [-0.25, -0.2) is 0 Å². The highest BCUT2D eigenvalue weighted by atomic mass is 19.4. The Hall–Kier alpha value is -6.70. The number of Topliss-reactive ketones (excluding diaryl/α,β-unsaturated/α-hetero) is 1. The molecule has 0 atom stereocenters. The van der Waals surface area contributed by atoms with Gasteiger partial charge in [-0.1, -0.05) is 98.6 Å². The first kappa shape index (κ1) is 61.2. The Morgan fingerprint density at radius 1 is 0.377 bits per heavy atom. The summed E-state index contributed by atoms with van der Waals surface area (Å²) in [6.45, 7) is 2.90. The van der Waals surface area contributed by atoms with E-state index >= 15 is 0 Å². The average molecular weight is 1130 g/mol. The van der Waals surface area contributed by atoms with Gasteiger partial charge >= 0.3 is 49.4 Å². The number of rotatable bonds is 11. The van der Waals surface area contributed by atoms with Gasteiger partial charge in [-0.3, -0.25) is 4.79 Å². The van der Waals surface area contributed by atoms with E-state index in [2.05, 4.69) is 19.1 Å². The minimum Gasteiger partial charge on any atom is -0.287 e. The van der Waals surface area contributed by atoms with E-state index in [1.54, 1.807) is 0 Å². The van der Waals surface area contributed by atoms with E-state index in [1.165, 1.54) is 5.56 Å². The molecule has 0 fully saturated rings. The molecule has 0 aliphatic rings. The first-order valence-electron chi connectivity index (χ1n) is 22.0. The lowest BCUT2D eigenvalue weighted by molar-refractivity contribution is -0.690. The van der Waals surface area contributed by atoms with Crippen molar-refractivity contribution in [3.05, 3.63) is 183 Å². The van der Waals surface area contributed by atoms with Crippen molar-refractivity contribution in [3.8, 4) is 0 Å². The van der Waals surface area contributed by atoms with Crippen molar-refractivity contribution in [2.75, 3.05) is 0 Å². The van der Waals surface area contributed by atoms with Crippen LogP contribution in [0.25, 0.3) is 0 Å². The second-order valence-electron chi connectivity index (χ2n) is 17.3. The Morgan fingerprint density at radius 3 is 0.909 bits per heavy atom. The normalized spacial score (nSPS) is 13.3. The molecular formula is C50H34BF24NO. The smallest absolute Gasteiger partial charge is 0.287 e.